The molecule has 1 amide bonds. The molecule has 2 N–H and O–H groups in total. The van der Waals surface area contributed by atoms with E-state index in [1.807, 2.05) is 78.9 Å². The third-order valence-electron chi connectivity index (χ3n) is 4.99. The first-order valence-electron chi connectivity index (χ1n) is 8.90. The second-order valence-electron chi connectivity index (χ2n) is 6.70. The first-order chi connectivity index (χ1) is 13.1. The molecule has 1 aliphatic carbocycles. The molecule has 0 spiro atoms. The van der Waals surface area contributed by atoms with Crippen LogP contribution in [0.5, 0.6) is 0 Å². The third-order valence-corrected chi connectivity index (χ3v) is 4.99. The summed E-state index contributed by atoms with van der Waals surface area (Å²) in [5, 5.41) is 12.4. The van der Waals surface area contributed by atoms with E-state index in [9.17, 15) is 14.7 Å². The number of hydrogen-bond acceptors (Lipinski definition) is 2. The van der Waals surface area contributed by atoms with E-state index < -0.39 is 17.9 Å². The normalized spacial score (nSPS) is 13.5. The predicted molar refractivity (Wildman–Crippen MR) is 103 cm³/mol. The molecule has 0 aromatic heterocycles. The van der Waals surface area contributed by atoms with E-state index in [1.54, 1.807) is 0 Å². The summed E-state index contributed by atoms with van der Waals surface area (Å²) in [6.45, 7) is 0. The SMILES string of the molecule is O=C(N[C@@H](Cc1ccccc1)C(=O)O)C1c2ccccc2-c2ccccc21. The van der Waals surface area contributed by atoms with Crippen LogP contribution >= 0.6 is 0 Å². The van der Waals surface area contributed by atoms with Crippen molar-refractivity contribution >= 4 is 11.9 Å². The molecule has 0 fully saturated rings. The van der Waals surface area contributed by atoms with Crippen molar-refractivity contribution in [1.29, 1.82) is 0 Å². The van der Waals surface area contributed by atoms with Crippen LogP contribution in [-0.2, 0) is 16.0 Å². The molecular formula is C23H19NO3. The highest BCUT2D eigenvalue weighted by Crippen LogP contribution is 2.44. The predicted octanol–water partition coefficient (Wildman–Crippen LogP) is 3.61. The van der Waals surface area contributed by atoms with Crippen molar-refractivity contribution in [2.45, 2.75) is 18.4 Å². The van der Waals surface area contributed by atoms with E-state index in [4.69, 9.17) is 0 Å². The molecule has 3 aromatic rings. The summed E-state index contributed by atoms with van der Waals surface area (Å²) in [5.74, 6) is -1.81. The highest BCUT2D eigenvalue weighted by atomic mass is 16.4. The lowest BCUT2D eigenvalue weighted by atomic mass is 9.95. The Balaban J connectivity index is 1.63. The number of carbonyl (C=O) groups excluding carboxylic acids is 1. The Morgan fingerprint density at radius 3 is 1.89 bits per heavy atom. The van der Waals surface area contributed by atoms with E-state index in [-0.39, 0.29) is 12.3 Å². The summed E-state index contributed by atoms with van der Waals surface area (Å²) < 4.78 is 0. The molecule has 0 bridgehead atoms. The van der Waals surface area contributed by atoms with Crippen LogP contribution in [0.25, 0.3) is 11.1 Å². The lowest BCUT2D eigenvalue weighted by Gasteiger charge is -2.19. The minimum absolute atomic E-state index is 0.248. The highest BCUT2D eigenvalue weighted by Gasteiger charge is 2.35. The number of amides is 1. The van der Waals surface area contributed by atoms with Gasteiger partial charge in [0, 0.05) is 6.42 Å². The molecule has 3 aromatic carbocycles. The second-order valence-corrected chi connectivity index (χ2v) is 6.70. The maximum Gasteiger partial charge on any atom is 0.326 e. The van der Waals surface area contributed by atoms with E-state index in [2.05, 4.69) is 5.32 Å². The van der Waals surface area contributed by atoms with Gasteiger partial charge in [0.1, 0.15) is 6.04 Å². The van der Waals surface area contributed by atoms with Gasteiger partial charge in [0.15, 0.2) is 0 Å². The van der Waals surface area contributed by atoms with Crippen molar-refractivity contribution in [3.63, 3.8) is 0 Å². The summed E-state index contributed by atoms with van der Waals surface area (Å²) in [7, 11) is 0. The summed E-state index contributed by atoms with van der Waals surface area (Å²) in [5.41, 5.74) is 4.77. The fraction of sp³-hybridized carbons (Fsp3) is 0.130. The number of benzene rings is 3. The molecule has 4 rings (SSSR count). The summed E-state index contributed by atoms with van der Waals surface area (Å²) in [6.07, 6.45) is 0.248. The maximum absolute atomic E-state index is 13.1. The number of carboxylic acid groups (broad SMARTS) is 1. The zero-order valence-electron chi connectivity index (χ0n) is 14.6. The van der Waals surface area contributed by atoms with E-state index in [0.717, 1.165) is 27.8 Å². The molecule has 0 unspecified atom stereocenters. The topological polar surface area (TPSA) is 66.4 Å². The molecule has 134 valence electrons. The quantitative estimate of drug-likeness (QED) is 0.733. The zero-order valence-corrected chi connectivity index (χ0v) is 14.6. The molecular weight excluding hydrogens is 338 g/mol. The van der Waals surface area contributed by atoms with Crippen LogP contribution in [0.2, 0.25) is 0 Å². The lowest BCUT2D eigenvalue weighted by Crippen LogP contribution is -2.44. The number of rotatable bonds is 5. The number of nitrogens with one attached hydrogen (secondary N) is 1. The van der Waals surface area contributed by atoms with Crippen molar-refractivity contribution in [3.05, 3.63) is 95.6 Å². The van der Waals surface area contributed by atoms with Crippen LogP contribution in [0.1, 0.15) is 22.6 Å². The summed E-state index contributed by atoms with van der Waals surface area (Å²) >= 11 is 0. The van der Waals surface area contributed by atoms with Crippen molar-refractivity contribution in [2.75, 3.05) is 0 Å². The number of hydrogen-bond donors (Lipinski definition) is 2. The van der Waals surface area contributed by atoms with Gasteiger partial charge in [-0.2, -0.15) is 0 Å². The van der Waals surface area contributed by atoms with Crippen LogP contribution in [0.3, 0.4) is 0 Å². The van der Waals surface area contributed by atoms with E-state index >= 15 is 0 Å². The smallest absolute Gasteiger partial charge is 0.326 e. The summed E-state index contributed by atoms with van der Waals surface area (Å²) in [4.78, 5) is 24.8. The van der Waals surface area contributed by atoms with Gasteiger partial charge in [0.25, 0.3) is 0 Å². The van der Waals surface area contributed by atoms with Gasteiger partial charge in [-0.15, -0.1) is 0 Å². The Morgan fingerprint density at radius 1 is 0.815 bits per heavy atom. The largest absolute Gasteiger partial charge is 0.480 e. The van der Waals surface area contributed by atoms with Gasteiger partial charge in [0.2, 0.25) is 5.91 Å². The minimum atomic E-state index is -1.04. The number of fused-ring (bicyclic) bond motifs is 3. The van der Waals surface area contributed by atoms with Crippen molar-refractivity contribution < 1.29 is 14.7 Å². The van der Waals surface area contributed by atoms with Crippen LogP contribution in [0.15, 0.2) is 78.9 Å². The molecule has 0 aliphatic heterocycles. The van der Waals surface area contributed by atoms with Crippen LogP contribution < -0.4 is 5.32 Å². The van der Waals surface area contributed by atoms with Gasteiger partial charge >= 0.3 is 5.97 Å². The number of carboxylic acids is 1. The highest BCUT2D eigenvalue weighted by molar-refractivity contribution is 5.97. The Hall–Kier alpha value is -3.40. The fourth-order valence-electron chi connectivity index (χ4n) is 3.74. The van der Waals surface area contributed by atoms with Gasteiger partial charge in [-0.05, 0) is 27.8 Å². The van der Waals surface area contributed by atoms with E-state index in [0.29, 0.717) is 0 Å². The number of aliphatic carboxylic acids is 1. The first kappa shape index (κ1) is 17.0. The molecule has 4 heteroatoms. The Labute approximate surface area is 157 Å². The first-order valence-corrected chi connectivity index (χ1v) is 8.90. The van der Waals surface area contributed by atoms with Crippen molar-refractivity contribution in [1.82, 2.24) is 5.32 Å². The molecule has 0 saturated heterocycles. The Bertz CT molecular complexity index is 952. The molecule has 0 radical (unpaired) electrons. The minimum Gasteiger partial charge on any atom is -0.480 e. The van der Waals surface area contributed by atoms with Crippen LogP contribution in [0, 0.1) is 0 Å². The van der Waals surface area contributed by atoms with Crippen LogP contribution in [-0.4, -0.2) is 23.0 Å². The third kappa shape index (κ3) is 3.22. The zero-order chi connectivity index (χ0) is 18.8. The summed E-state index contributed by atoms with van der Waals surface area (Å²) in [6, 6.07) is 23.9. The Kier molecular flexibility index (Phi) is 4.47. The second kappa shape index (κ2) is 7.08. The van der Waals surface area contributed by atoms with E-state index in [1.165, 1.54) is 0 Å². The van der Waals surface area contributed by atoms with Crippen molar-refractivity contribution in [2.24, 2.45) is 0 Å². The molecule has 1 atom stereocenters. The van der Waals surface area contributed by atoms with Gasteiger partial charge in [-0.3, -0.25) is 4.79 Å². The maximum atomic E-state index is 13.1. The lowest BCUT2D eigenvalue weighted by molar-refractivity contribution is -0.141. The van der Waals surface area contributed by atoms with Gasteiger partial charge < -0.3 is 10.4 Å². The standard InChI is InChI=1S/C23H19NO3/c25-22(24-20(23(26)27)14-15-8-2-1-3-9-15)21-18-12-6-4-10-16(18)17-11-5-7-13-19(17)21/h1-13,20-21H,14H2,(H,24,25)(H,26,27)/t20-/m0/s1. The molecule has 1 aliphatic rings. The van der Waals surface area contributed by atoms with Crippen molar-refractivity contribution in [3.8, 4) is 11.1 Å². The van der Waals surface area contributed by atoms with Gasteiger partial charge in [-0.1, -0.05) is 78.9 Å². The Morgan fingerprint density at radius 2 is 1.33 bits per heavy atom. The number of carbonyl (C=O) groups is 2. The molecule has 0 heterocycles. The van der Waals surface area contributed by atoms with Gasteiger partial charge in [-0.25, -0.2) is 4.79 Å². The monoisotopic (exact) mass is 357 g/mol. The molecule has 0 saturated carbocycles. The van der Waals surface area contributed by atoms with Gasteiger partial charge in [0.05, 0.1) is 5.92 Å². The average molecular weight is 357 g/mol. The fourth-order valence-corrected chi connectivity index (χ4v) is 3.74. The molecule has 4 nitrogen and oxygen atoms in total. The average Bonchev–Trinajstić information content (AvgIpc) is 3.03. The van der Waals surface area contributed by atoms with Crippen LogP contribution in [0.4, 0.5) is 0 Å². The molecule has 27 heavy (non-hydrogen) atoms.